The zero-order valence-corrected chi connectivity index (χ0v) is 9.58. The summed E-state index contributed by atoms with van der Waals surface area (Å²) in [6.07, 6.45) is 2.83. The molecule has 1 rings (SSSR count). The van der Waals surface area contributed by atoms with E-state index >= 15 is 0 Å². The molecule has 1 heterocycles. The van der Waals surface area contributed by atoms with E-state index in [0.717, 1.165) is 18.1 Å². The minimum atomic E-state index is 0.243. The molecule has 0 spiro atoms. The van der Waals surface area contributed by atoms with Gasteiger partial charge >= 0.3 is 0 Å². The zero-order valence-electron chi connectivity index (χ0n) is 8.01. The Hall–Kier alpha value is -0.280. The quantitative estimate of drug-likeness (QED) is 0.768. The van der Waals surface area contributed by atoms with Crippen molar-refractivity contribution in [3.05, 3.63) is 11.6 Å². The Bertz CT molecular complexity index is 234. The lowest BCUT2D eigenvalue weighted by molar-refractivity contribution is 0.379. The predicted molar refractivity (Wildman–Crippen MR) is 59.7 cm³/mol. The van der Waals surface area contributed by atoms with E-state index in [9.17, 15) is 0 Å². The van der Waals surface area contributed by atoms with Crippen LogP contribution >= 0.6 is 22.9 Å². The van der Waals surface area contributed by atoms with E-state index in [4.69, 9.17) is 11.6 Å². The lowest BCUT2D eigenvalue weighted by Crippen LogP contribution is -2.23. The number of nitrogens with one attached hydrogen (secondary N) is 1. The first kappa shape index (κ1) is 10.8. The van der Waals surface area contributed by atoms with E-state index in [1.807, 2.05) is 11.6 Å². The summed E-state index contributed by atoms with van der Waals surface area (Å²) in [7, 11) is 0. The van der Waals surface area contributed by atoms with Crippen LogP contribution in [0.5, 0.6) is 0 Å². The summed E-state index contributed by atoms with van der Waals surface area (Å²) in [4.78, 5) is 4.15. The molecule has 4 heteroatoms. The van der Waals surface area contributed by atoms with Gasteiger partial charge in [-0.05, 0) is 11.8 Å². The molecule has 0 unspecified atom stereocenters. The van der Waals surface area contributed by atoms with Crippen molar-refractivity contribution in [3.63, 3.8) is 0 Å². The maximum Gasteiger partial charge on any atom is 0.182 e. The second-order valence-electron chi connectivity index (χ2n) is 3.79. The van der Waals surface area contributed by atoms with E-state index in [2.05, 4.69) is 24.1 Å². The highest BCUT2D eigenvalue weighted by Gasteiger charge is 2.16. The molecule has 13 heavy (non-hydrogen) atoms. The summed E-state index contributed by atoms with van der Waals surface area (Å²) in [5.41, 5.74) is 0.243. The number of alkyl halides is 1. The maximum absolute atomic E-state index is 5.71. The van der Waals surface area contributed by atoms with Crippen molar-refractivity contribution in [3.8, 4) is 0 Å². The van der Waals surface area contributed by atoms with Crippen molar-refractivity contribution in [2.24, 2.45) is 5.41 Å². The van der Waals surface area contributed by atoms with Crippen LogP contribution in [0.15, 0.2) is 11.6 Å². The third kappa shape index (κ3) is 3.96. The third-order valence-corrected chi connectivity index (χ3v) is 2.84. The molecule has 74 valence electrons. The molecule has 2 nitrogen and oxygen atoms in total. The molecular weight excluding hydrogens is 204 g/mol. The van der Waals surface area contributed by atoms with Gasteiger partial charge in [0.1, 0.15) is 0 Å². The van der Waals surface area contributed by atoms with Crippen molar-refractivity contribution in [2.75, 3.05) is 17.7 Å². The van der Waals surface area contributed by atoms with Gasteiger partial charge in [0.15, 0.2) is 5.13 Å². The molecule has 0 aliphatic heterocycles. The number of hydrogen-bond donors (Lipinski definition) is 1. The molecule has 0 radical (unpaired) electrons. The van der Waals surface area contributed by atoms with Crippen LogP contribution in [0.2, 0.25) is 0 Å². The molecule has 0 atom stereocenters. The number of hydrogen-bond acceptors (Lipinski definition) is 3. The van der Waals surface area contributed by atoms with Gasteiger partial charge in [-0.25, -0.2) is 4.98 Å². The van der Waals surface area contributed by atoms with Gasteiger partial charge in [0.05, 0.1) is 0 Å². The average Bonchev–Trinajstić information content (AvgIpc) is 2.52. The fourth-order valence-corrected chi connectivity index (χ4v) is 2.01. The summed E-state index contributed by atoms with van der Waals surface area (Å²) in [6, 6.07) is 0. The lowest BCUT2D eigenvalue weighted by Gasteiger charge is -2.23. The Morgan fingerprint density at radius 1 is 1.62 bits per heavy atom. The van der Waals surface area contributed by atoms with Crippen LogP contribution in [0.25, 0.3) is 0 Å². The van der Waals surface area contributed by atoms with E-state index in [1.54, 1.807) is 11.3 Å². The smallest absolute Gasteiger partial charge is 0.182 e. The van der Waals surface area contributed by atoms with Gasteiger partial charge in [0.2, 0.25) is 0 Å². The van der Waals surface area contributed by atoms with Crippen LogP contribution in [0.1, 0.15) is 20.3 Å². The molecule has 1 N–H and O–H groups in total. The van der Waals surface area contributed by atoms with Crippen LogP contribution in [0.3, 0.4) is 0 Å². The molecule has 0 bridgehead atoms. The Kier molecular flexibility index (Phi) is 4.00. The number of anilines is 1. The summed E-state index contributed by atoms with van der Waals surface area (Å²) in [5.74, 6) is 0.715. The molecule has 0 amide bonds. The van der Waals surface area contributed by atoms with Gasteiger partial charge in [0, 0.05) is 24.0 Å². The zero-order chi connectivity index (χ0) is 9.73. The van der Waals surface area contributed by atoms with E-state index in [-0.39, 0.29) is 5.41 Å². The van der Waals surface area contributed by atoms with Crippen LogP contribution in [-0.4, -0.2) is 17.4 Å². The van der Waals surface area contributed by atoms with E-state index < -0.39 is 0 Å². The number of halogens is 1. The highest BCUT2D eigenvalue weighted by atomic mass is 35.5. The van der Waals surface area contributed by atoms with Crippen LogP contribution in [0.4, 0.5) is 5.13 Å². The highest BCUT2D eigenvalue weighted by Crippen LogP contribution is 2.22. The summed E-state index contributed by atoms with van der Waals surface area (Å²) in [6.45, 7) is 5.33. The first-order valence-corrected chi connectivity index (χ1v) is 5.75. The number of nitrogens with zero attached hydrogens (tertiary/aromatic N) is 1. The number of thiazole rings is 1. The van der Waals surface area contributed by atoms with Crippen LogP contribution in [0, 0.1) is 5.41 Å². The Morgan fingerprint density at radius 2 is 2.38 bits per heavy atom. The van der Waals surface area contributed by atoms with Crippen LogP contribution in [-0.2, 0) is 0 Å². The van der Waals surface area contributed by atoms with Gasteiger partial charge in [-0.1, -0.05) is 13.8 Å². The second kappa shape index (κ2) is 4.82. The van der Waals surface area contributed by atoms with Crippen molar-refractivity contribution >= 4 is 28.1 Å². The third-order valence-electron chi connectivity index (χ3n) is 1.92. The molecule has 0 aliphatic rings. The second-order valence-corrected chi connectivity index (χ2v) is 5.07. The fourth-order valence-electron chi connectivity index (χ4n) is 0.970. The van der Waals surface area contributed by atoms with Gasteiger partial charge < -0.3 is 5.32 Å². The fraction of sp³-hybridized carbons (Fsp3) is 0.667. The average molecular weight is 219 g/mol. The standard InChI is InChI=1S/C9H15ClN2S/c1-9(2,3-4-10)7-12-8-11-5-6-13-8/h5-6H,3-4,7H2,1-2H3,(H,11,12). The van der Waals surface area contributed by atoms with E-state index in [0.29, 0.717) is 5.88 Å². The van der Waals surface area contributed by atoms with Gasteiger partial charge in [-0.3, -0.25) is 0 Å². The lowest BCUT2D eigenvalue weighted by atomic mass is 9.90. The van der Waals surface area contributed by atoms with Crippen molar-refractivity contribution in [1.29, 1.82) is 0 Å². The minimum Gasteiger partial charge on any atom is -0.361 e. The summed E-state index contributed by atoms with van der Waals surface area (Å²) < 4.78 is 0. The molecule has 1 aromatic rings. The Balaban J connectivity index is 2.33. The number of aromatic nitrogens is 1. The molecule has 0 saturated carbocycles. The largest absolute Gasteiger partial charge is 0.361 e. The maximum atomic E-state index is 5.71. The normalized spacial score (nSPS) is 11.6. The first-order chi connectivity index (χ1) is 6.14. The van der Waals surface area contributed by atoms with Crippen LogP contribution < -0.4 is 5.32 Å². The monoisotopic (exact) mass is 218 g/mol. The molecule has 0 fully saturated rings. The molecule has 1 aromatic heterocycles. The minimum absolute atomic E-state index is 0.243. The Labute approximate surface area is 88.3 Å². The van der Waals surface area contributed by atoms with Gasteiger partial charge in [0.25, 0.3) is 0 Å². The van der Waals surface area contributed by atoms with Crippen molar-refractivity contribution in [1.82, 2.24) is 4.98 Å². The van der Waals surface area contributed by atoms with E-state index in [1.165, 1.54) is 0 Å². The summed E-state index contributed by atoms with van der Waals surface area (Å²) in [5, 5.41) is 6.26. The van der Waals surface area contributed by atoms with Crippen molar-refractivity contribution in [2.45, 2.75) is 20.3 Å². The molecule has 0 aromatic carbocycles. The highest BCUT2D eigenvalue weighted by molar-refractivity contribution is 7.13. The molecule has 0 aliphatic carbocycles. The van der Waals surface area contributed by atoms with Gasteiger partial charge in [-0.15, -0.1) is 22.9 Å². The predicted octanol–water partition coefficient (Wildman–Crippen LogP) is 3.21. The molecular formula is C9H15ClN2S. The number of rotatable bonds is 5. The Morgan fingerprint density at radius 3 is 2.92 bits per heavy atom. The molecule has 0 saturated heterocycles. The first-order valence-electron chi connectivity index (χ1n) is 4.33. The van der Waals surface area contributed by atoms with Crippen molar-refractivity contribution < 1.29 is 0 Å². The topological polar surface area (TPSA) is 24.9 Å². The summed E-state index contributed by atoms with van der Waals surface area (Å²) >= 11 is 7.33. The SMILES string of the molecule is CC(C)(CCCl)CNc1nccs1. The van der Waals surface area contributed by atoms with Gasteiger partial charge in [-0.2, -0.15) is 0 Å².